The number of nitrogens with one attached hydrogen (secondary N) is 1. The molecule has 1 aliphatic rings. The summed E-state index contributed by atoms with van der Waals surface area (Å²) in [5, 5.41) is 22.9. The largest absolute Gasteiger partial charge is 0.507 e. The molecular formula is C15H19ClN2O5. The number of likely N-dealkylation sites (tertiary alicyclic amines) is 1. The van der Waals surface area contributed by atoms with Crippen molar-refractivity contribution < 1.29 is 24.5 Å². The number of hydrogen-bond acceptors (Lipinski definition) is 5. The van der Waals surface area contributed by atoms with Gasteiger partial charge in [-0.15, -0.1) is 0 Å². The lowest BCUT2D eigenvalue weighted by Crippen LogP contribution is -2.55. The average molecular weight is 343 g/mol. The maximum absolute atomic E-state index is 12.2. The van der Waals surface area contributed by atoms with Crippen LogP contribution in [0, 0.1) is 0 Å². The van der Waals surface area contributed by atoms with Crippen LogP contribution >= 0.6 is 11.6 Å². The smallest absolute Gasteiger partial charge is 0.255 e. The molecular weight excluding hydrogens is 324 g/mol. The van der Waals surface area contributed by atoms with Crippen LogP contribution in [0.4, 0.5) is 0 Å². The molecule has 1 fully saturated rings. The molecule has 0 aliphatic carbocycles. The van der Waals surface area contributed by atoms with Crippen LogP contribution in [0.1, 0.15) is 16.8 Å². The number of rotatable bonds is 4. The first-order chi connectivity index (χ1) is 10.9. The van der Waals surface area contributed by atoms with Crippen LogP contribution in [-0.4, -0.2) is 65.9 Å². The molecule has 0 spiro atoms. The highest BCUT2D eigenvalue weighted by atomic mass is 35.5. The van der Waals surface area contributed by atoms with Crippen molar-refractivity contribution in [1.29, 1.82) is 0 Å². The van der Waals surface area contributed by atoms with Crippen molar-refractivity contribution in [3.8, 4) is 5.75 Å². The van der Waals surface area contributed by atoms with E-state index in [0.717, 1.165) is 0 Å². The molecule has 2 rings (SSSR count). The molecule has 0 radical (unpaired) electrons. The molecule has 1 saturated heterocycles. The van der Waals surface area contributed by atoms with Gasteiger partial charge in [0.05, 0.1) is 17.7 Å². The number of amides is 2. The first-order valence-electron chi connectivity index (χ1n) is 7.16. The molecule has 0 bridgehead atoms. The van der Waals surface area contributed by atoms with E-state index in [9.17, 15) is 19.8 Å². The normalized spacial score (nSPS) is 21.1. The summed E-state index contributed by atoms with van der Waals surface area (Å²) in [6.45, 7) is 0.487. The van der Waals surface area contributed by atoms with E-state index in [1.807, 2.05) is 0 Å². The highest BCUT2D eigenvalue weighted by Crippen LogP contribution is 2.22. The SMILES string of the molecule is COCC(=O)N1CC[C@@H](NC(=O)c2cc(Cl)ccc2O)[C@H](O)C1. The van der Waals surface area contributed by atoms with E-state index in [-0.39, 0.29) is 30.4 Å². The minimum Gasteiger partial charge on any atom is -0.507 e. The molecule has 0 unspecified atom stereocenters. The van der Waals surface area contributed by atoms with Crippen LogP contribution in [0.5, 0.6) is 5.75 Å². The van der Waals surface area contributed by atoms with E-state index in [1.165, 1.54) is 30.2 Å². The molecule has 1 aromatic rings. The minimum absolute atomic E-state index is 0.0415. The zero-order valence-electron chi connectivity index (χ0n) is 12.7. The van der Waals surface area contributed by atoms with E-state index in [4.69, 9.17) is 16.3 Å². The van der Waals surface area contributed by atoms with Crippen molar-refractivity contribution in [2.45, 2.75) is 18.6 Å². The van der Waals surface area contributed by atoms with Crippen LogP contribution in [0.25, 0.3) is 0 Å². The molecule has 2 amide bonds. The van der Waals surface area contributed by atoms with Gasteiger partial charge >= 0.3 is 0 Å². The van der Waals surface area contributed by atoms with Crippen molar-refractivity contribution in [1.82, 2.24) is 10.2 Å². The number of ether oxygens (including phenoxy) is 1. The topological polar surface area (TPSA) is 99.1 Å². The van der Waals surface area contributed by atoms with E-state index in [0.29, 0.717) is 18.0 Å². The van der Waals surface area contributed by atoms with Gasteiger partial charge in [-0.2, -0.15) is 0 Å². The molecule has 7 nitrogen and oxygen atoms in total. The second-order valence-corrected chi connectivity index (χ2v) is 5.81. The Kier molecular flexibility index (Phi) is 5.81. The molecule has 1 aliphatic heterocycles. The highest BCUT2D eigenvalue weighted by molar-refractivity contribution is 6.31. The number of methoxy groups -OCH3 is 1. The van der Waals surface area contributed by atoms with Crippen LogP contribution in [0.3, 0.4) is 0 Å². The first-order valence-corrected chi connectivity index (χ1v) is 7.54. The van der Waals surface area contributed by atoms with Crippen molar-refractivity contribution in [2.24, 2.45) is 0 Å². The number of phenolic OH excluding ortho intramolecular Hbond substituents is 1. The first kappa shape index (κ1) is 17.5. The van der Waals surface area contributed by atoms with Gasteiger partial charge in [-0.25, -0.2) is 0 Å². The summed E-state index contributed by atoms with van der Waals surface area (Å²) in [7, 11) is 1.43. The van der Waals surface area contributed by atoms with Crippen LogP contribution in [0.2, 0.25) is 5.02 Å². The number of halogens is 1. The molecule has 1 heterocycles. The van der Waals surface area contributed by atoms with Crippen molar-refractivity contribution in [3.63, 3.8) is 0 Å². The fraction of sp³-hybridized carbons (Fsp3) is 0.467. The second kappa shape index (κ2) is 7.63. The monoisotopic (exact) mass is 342 g/mol. The summed E-state index contributed by atoms with van der Waals surface area (Å²) < 4.78 is 4.78. The Morgan fingerprint density at radius 1 is 1.48 bits per heavy atom. The van der Waals surface area contributed by atoms with Crippen LogP contribution < -0.4 is 5.32 Å². The number of piperidine rings is 1. The van der Waals surface area contributed by atoms with Gasteiger partial charge in [0.1, 0.15) is 12.4 Å². The van der Waals surface area contributed by atoms with Gasteiger partial charge in [0, 0.05) is 25.2 Å². The fourth-order valence-corrected chi connectivity index (χ4v) is 2.65. The molecule has 126 valence electrons. The van der Waals surface area contributed by atoms with E-state index >= 15 is 0 Å². The van der Waals surface area contributed by atoms with Gasteiger partial charge in [0.15, 0.2) is 0 Å². The number of nitrogens with zero attached hydrogens (tertiary/aromatic N) is 1. The van der Waals surface area contributed by atoms with E-state index in [1.54, 1.807) is 0 Å². The minimum atomic E-state index is -0.894. The Bertz CT molecular complexity index is 595. The number of benzene rings is 1. The molecule has 0 aromatic heterocycles. The lowest BCUT2D eigenvalue weighted by molar-refractivity contribution is -0.138. The van der Waals surface area contributed by atoms with Gasteiger partial charge in [0.25, 0.3) is 5.91 Å². The number of phenols is 1. The van der Waals surface area contributed by atoms with Gasteiger partial charge in [-0.1, -0.05) is 11.6 Å². The summed E-state index contributed by atoms with van der Waals surface area (Å²) in [5.74, 6) is -0.913. The molecule has 8 heteroatoms. The number of carbonyl (C=O) groups excluding carboxylic acids is 2. The molecule has 3 N–H and O–H groups in total. The number of carbonyl (C=O) groups is 2. The molecule has 23 heavy (non-hydrogen) atoms. The number of hydrogen-bond donors (Lipinski definition) is 3. The predicted octanol–water partition coefficient (Wildman–Crippen LogP) is 0.384. The zero-order valence-corrected chi connectivity index (χ0v) is 13.4. The van der Waals surface area contributed by atoms with E-state index in [2.05, 4.69) is 5.32 Å². The summed E-state index contributed by atoms with van der Waals surface area (Å²) in [6.07, 6.45) is -0.487. The summed E-state index contributed by atoms with van der Waals surface area (Å²) in [6, 6.07) is 3.66. The number of aliphatic hydroxyl groups is 1. The van der Waals surface area contributed by atoms with Crippen molar-refractivity contribution in [3.05, 3.63) is 28.8 Å². The Morgan fingerprint density at radius 3 is 2.87 bits per heavy atom. The van der Waals surface area contributed by atoms with E-state index < -0.39 is 18.1 Å². The van der Waals surface area contributed by atoms with Crippen molar-refractivity contribution in [2.75, 3.05) is 26.8 Å². The van der Waals surface area contributed by atoms with Gasteiger partial charge in [-0.05, 0) is 24.6 Å². The van der Waals surface area contributed by atoms with Crippen LogP contribution in [0.15, 0.2) is 18.2 Å². The summed E-state index contributed by atoms with van der Waals surface area (Å²) in [5.41, 5.74) is 0.0441. The Labute approximate surface area is 138 Å². The zero-order chi connectivity index (χ0) is 17.0. The Morgan fingerprint density at radius 2 is 2.22 bits per heavy atom. The lowest BCUT2D eigenvalue weighted by atomic mass is 10.0. The van der Waals surface area contributed by atoms with Crippen LogP contribution in [-0.2, 0) is 9.53 Å². The lowest BCUT2D eigenvalue weighted by Gasteiger charge is -2.36. The van der Waals surface area contributed by atoms with Gasteiger partial charge in [0.2, 0.25) is 5.91 Å². The number of aromatic hydroxyl groups is 1. The highest BCUT2D eigenvalue weighted by Gasteiger charge is 2.31. The second-order valence-electron chi connectivity index (χ2n) is 5.37. The van der Waals surface area contributed by atoms with Crippen molar-refractivity contribution >= 4 is 23.4 Å². The maximum Gasteiger partial charge on any atom is 0.255 e. The molecule has 2 atom stereocenters. The Balaban J connectivity index is 1.97. The summed E-state index contributed by atoms with van der Waals surface area (Å²) in [4.78, 5) is 25.4. The third-order valence-corrected chi connectivity index (χ3v) is 3.96. The van der Waals surface area contributed by atoms with Gasteiger partial charge < -0.3 is 25.2 Å². The molecule has 0 saturated carbocycles. The Hall–Kier alpha value is -1.83. The summed E-state index contributed by atoms with van der Waals surface area (Å²) >= 11 is 5.82. The third kappa shape index (κ3) is 4.34. The standard InChI is InChI=1S/C15H19ClN2O5/c1-23-8-14(21)18-5-4-11(13(20)7-18)17-15(22)10-6-9(16)2-3-12(10)19/h2-3,6,11,13,19-20H,4-5,7-8H2,1H3,(H,17,22)/t11-,13-/m1/s1. The van der Waals surface area contributed by atoms with Gasteiger partial charge in [-0.3, -0.25) is 9.59 Å². The average Bonchev–Trinajstić information content (AvgIpc) is 2.51. The third-order valence-electron chi connectivity index (χ3n) is 3.72. The quantitative estimate of drug-likeness (QED) is 0.735. The fourth-order valence-electron chi connectivity index (χ4n) is 2.48. The maximum atomic E-state index is 12.2. The molecule has 1 aromatic carbocycles. The predicted molar refractivity (Wildman–Crippen MR) is 83.5 cm³/mol. The number of aliphatic hydroxyl groups excluding tert-OH is 1. The number of β-amino-alcohol motifs (C(OH)–C–C–N with tert-alkyl or cyclic N) is 1.